The fraction of sp³-hybridized carbons (Fsp3) is 0. The highest BCUT2D eigenvalue weighted by molar-refractivity contribution is 5.65. The molecular weight excluding hydrogens is 148 g/mol. The molecule has 1 aliphatic rings. The summed E-state index contributed by atoms with van der Waals surface area (Å²) in [6, 6.07) is 8.12. The summed E-state index contributed by atoms with van der Waals surface area (Å²) in [4.78, 5) is 0. The van der Waals surface area contributed by atoms with Crippen LogP contribution in [0, 0.1) is 0 Å². The smallest absolute Gasteiger partial charge is 0.0501 e. The molecule has 1 aromatic rings. The van der Waals surface area contributed by atoms with Crippen molar-refractivity contribution < 1.29 is 0 Å². The zero-order valence-electron chi connectivity index (χ0n) is 6.51. The Morgan fingerprint density at radius 3 is 1.75 bits per heavy atom. The van der Waals surface area contributed by atoms with Gasteiger partial charge >= 0.3 is 0 Å². The van der Waals surface area contributed by atoms with E-state index in [9.17, 15) is 0 Å². The topological polar surface area (TPSA) is 24.7 Å². The Balaban J connectivity index is 2.54. The molecule has 58 valence electrons. The van der Waals surface area contributed by atoms with Crippen molar-refractivity contribution in [3.05, 3.63) is 47.8 Å². The summed E-state index contributed by atoms with van der Waals surface area (Å²) in [5.74, 6) is 0. The predicted octanol–water partition coefficient (Wildman–Crippen LogP) is 3.09. The number of azo groups is 1. The number of benzene rings is 1. The van der Waals surface area contributed by atoms with Gasteiger partial charge in [-0.1, -0.05) is 24.3 Å². The van der Waals surface area contributed by atoms with E-state index in [1.165, 1.54) is 11.1 Å². The fourth-order valence-electron chi connectivity index (χ4n) is 1.12. The van der Waals surface area contributed by atoms with Gasteiger partial charge in [0.1, 0.15) is 0 Å². The normalized spacial score (nSPS) is 13.7. The number of rotatable bonds is 0. The molecule has 2 rings (SSSR count). The van der Waals surface area contributed by atoms with Gasteiger partial charge in [-0.05, 0) is 23.3 Å². The van der Waals surface area contributed by atoms with Crippen molar-refractivity contribution in [3.63, 3.8) is 0 Å². The molecule has 0 aromatic heterocycles. The van der Waals surface area contributed by atoms with Gasteiger partial charge in [0, 0.05) is 0 Å². The van der Waals surface area contributed by atoms with Gasteiger partial charge in [0.15, 0.2) is 0 Å². The Morgan fingerprint density at radius 1 is 0.750 bits per heavy atom. The summed E-state index contributed by atoms with van der Waals surface area (Å²) in [7, 11) is 0. The average Bonchev–Trinajstić information content (AvgIpc) is 2.06. The van der Waals surface area contributed by atoms with Gasteiger partial charge in [0.2, 0.25) is 0 Å². The number of hydrogen-bond donors (Lipinski definition) is 0. The zero-order chi connectivity index (χ0) is 8.23. The molecule has 0 N–H and O–H groups in total. The molecule has 1 aromatic carbocycles. The highest BCUT2D eigenvalue weighted by Gasteiger charge is 1.93. The lowest BCUT2D eigenvalue weighted by molar-refractivity contribution is 1.23. The van der Waals surface area contributed by atoms with E-state index in [0.717, 1.165) is 0 Å². The Kier molecular flexibility index (Phi) is 1.82. The minimum Gasteiger partial charge on any atom is -0.159 e. The third-order valence-electron chi connectivity index (χ3n) is 1.70. The highest BCUT2D eigenvalue weighted by atomic mass is 15.1. The van der Waals surface area contributed by atoms with Gasteiger partial charge in [0.25, 0.3) is 0 Å². The third kappa shape index (κ3) is 1.32. The van der Waals surface area contributed by atoms with Crippen molar-refractivity contribution in [3.8, 4) is 0 Å². The van der Waals surface area contributed by atoms with Crippen LogP contribution in [0.15, 0.2) is 46.9 Å². The average molecular weight is 156 g/mol. The van der Waals surface area contributed by atoms with Gasteiger partial charge in [-0.3, -0.25) is 0 Å². The van der Waals surface area contributed by atoms with Gasteiger partial charge in [0.05, 0.1) is 12.4 Å². The third-order valence-corrected chi connectivity index (χ3v) is 1.70. The van der Waals surface area contributed by atoms with E-state index in [1.54, 1.807) is 12.4 Å². The van der Waals surface area contributed by atoms with E-state index in [0.29, 0.717) is 0 Å². The maximum absolute atomic E-state index is 3.79. The second-order valence-electron chi connectivity index (χ2n) is 2.49. The Hall–Kier alpha value is -1.70. The van der Waals surface area contributed by atoms with E-state index < -0.39 is 0 Å². The van der Waals surface area contributed by atoms with Crippen LogP contribution in [-0.4, -0.2) is 0 Å². The Bertz CT molecular complexity index is 327. The molecular formula is C10H8N2. The zero-order valence-corrected chi connectivity index (χ0v) is 6.51. The second kappa shape index (κ2) is 3.13. The second-order valence-corrected chi connectivity index (χ2v) is 2.49. The van der Waals surface area contributed by atoms with Gasteiger partial charge in [-0.2, -0.15) is 10.2 Å². The fourth-order valence-corrected chi connectivity index (χ4v) is 1.12. The van der Waals surface area contributed by atoms with Gasteiger partial charge < -0.3 is 0 Å². The van der Waals surface area contributed by atoms with Crippen molar-refractivity contribution in [1.82, 2.24) is 0 Å². The number of nitrogens with zero attached hydrogens (tertiary/aromatic N) is 2. The summed E-state index contributed by atoms with van der Waals surface area (Å²) in [6.45, 7) is 0. The first-order valence-corrected chi connectivity index (χ1v) is 3.79. The molecule has 0 saturated carbocycles. The minimum absolute atomic E-state index is 1.17. The first-order valence-electron chi connectivity index (χ1n) is 3.79. The van der Waals surface area contributed by atoms with Crippen molar-refractivity contribution in [2.45, 2.75) is 0 Å². The molecule has 0 unspecified atom stereocenters. The van der Waals surface area contributed by atoms with Crippen molar-refractivity contribution in [2.24, 2.45) is 10.2 Å². The Labute approximate surface area is 71.0 Å². The lowest BCUT2D eigenvalue weighted by atomic mass is 10.1. The summed E-state index contributed by atoms with van der Waals surface area (Å²) in [6.07, 6.45) is 7.29. The molecule has 0 aliphatic carbocycles. The molecule has 0 spiro atoms. The van der Waals surface area contributed by atoms with Crippen LogP contribution in [0.4, 0.5) is 0 Å². The van der Waals surface area contributed by atoms with Crippen LogP contribution in [0.1, 0.15) is 11.1 Å². The van der Waals surface area contributed by atoms with Crippen LogP contribution in [0.5, 0.6) is 0 Å². The number of hydrogen-bond acceptors (Lipinski definition) is 2. The van der Waals surface area contributed by atoms with Crippen LogP contribution in [0.25, 0.3) is 12.2 Å². The minimum atomic E-state index is 1.17. The predicted molar refractivity (Wildman–Crippen MR) is 49.4 cm³/mol. The van der Waals surface area contributed by atoms with E-state index in [-0.39, 0.29) is 0 Å². The Morgan fingerprint density at radius 2 is 1.25 bits per heavy atom. The lowest BCUT2D eigenvalue weighted by Gasteiger charge is -1.99. The van der Waals surface area contributed by atoms with E-state index >= 15 is 0 Å². The maximum atomic E-state index is 3.79. The van der Waals surface area contributed by atoms with Gasteiger partial charge in [-0.25, -0.2) is 0 Å². The lowest BCUT2D eigenvalue weighted by Crippen LogP contribution is -1.79. The van der Waals surface area contributed by atoms with Crippen LogP contribution in [0.2, 0.25) is 0 Å². The molecule has 2 heteroatoms. The molecule has 1 aliphatic heterocycles. The maximum Gasteiger partial charge on any atom is 0.0501 e. The molecule has 12 heavy (non-hydrogen) atoms. The SMILES string of the molecule is C1=Cc2ccccc2C=CN=N1. The van der Waals surface area contributed by atoms with Crippen LogP contribution >= 0.6 is 0 Å². The van der Waals surface area contributed by atoms with E-state index in [2.05, 4.69) is 22.4 Å². The standard InChI is InChI=1S/C10H8N2/c1-2-4-10-6-8-12-11-7-5-9(10)3-1/h1-8H. The molecule has 0 saturated heterocycles. The van der Waals surface area contributed by atoms with E-state index in [1.807, 2.05) is 24.3 Å². The summed E-state index contributed by atoms with van der Waals surface area (Å²) < 4.78 is 0. The first-order chi connectivity index (χ1) is 5.97. The van der Waals surface area contributed by atoms with Crippen LogP contribution in [-0.2, 0) is 0 Å². The highest BCUT2D eigenvalue weighted by Crippen LogP contribution is 2.14. The summed E-state index contributed by atoms with van der Waals surface area (Å²) in [5, 5.41) is 7.57. The van der Waals surface area contributed by atoms with Crippen molar-refractivity contribution in [1.29, 1.82) is 0 Å². The van der Waals surface area contributed by atoms with Gasteiger partial charge in [-0.15, -0.1) is 0 Å². The summed E-state index contributed by atoms with van der Waals surface area (Å²) in [5.41, 5.74) is 2.35. The first kappa shape index (κ1) is 6.98. The quantitative estimate of drug-likeness (QED) is 0.551. The number of fused-ring (bicyclic) bond motifs is 1. The van der Waals surface area contributed by atoms with Crippen LogP contribution < -0.4 is 0 Å². The van der Waals surface area contributed by atoms with Crippen molar-refractivity contribution in [2.75, 3.05) is 0 Å². The monoisotopic (exact) mass is 156 g/mol. The molecule has 0 bridgehead atoms. The van der Waals surface area contributed by atoms with E-state index in [4.69, 9.17) is 0 Å². The molecule has 0 fully saturated rings. The molecule has 2 nitrogen and oxygen atoms in total. The molecule has 0 atom stereocenters. The largest absolute Gasteiger partial charge is 0.159 e. The molecule has 1 heterocycles. The van der Waals surface area contributed by atoms with Crippen molar-refractivity contribution >= 4 is 12.2 Å². The van der Waals surface area contributed by atoms with Crippen LogP contribution in [0.3, 0.4) is 0 Å². The summed E-state index contributed by atoms with van der Waals surface area (Å²) >= 11 is 0. The molecule has 0 radical (unpaired) electrons. The molecule has 0 amide bonds.